The molecule has 0 saturated carbocycles. The van der Waals surface area contributed by atoms with Crippen molar-refractivity contribution in [1.82, 2.24) is 14.5 Å². The van der Waals surface area contributed by atoms with Crippen LogP contribution in [-0.4, -0.2) is 57.4 Å². The summed E-state index contributed by atoms with van der Waals surface area (Å²) in [6.45, 7) is 7.71. The van der Waals surface area contributed by atoms with Gasteiger partial charge in [-0.15, -0.1) is 0 Å². The Morgan fingerprint density at radius 3 is 2.76 bits per heavy atom. The van der Waals surface area contributed by atoms with Crippen LogP contribution in [0.4, 0.5) is 0 Å². The van der Waals surface area contributed by atoms with Gasteiger partial charge in [0.1, 0.15) is 11.6 Å². The summed E-state index contributed by atoms with van der Waals surface area (Å²) in [5, 5.41) is 19.2. The first-order chi connectivity index (χ1) is 22.3. The van der Waals surface area contributed by atoms with Crippen molar-refractivity contribution < 1.29 is 28.8 Å². The number of benzene rings is 3. The second kappa shape index (κ2) is 11.0. The molecule has 0 aliphatic carbocycles. The minimum absolute atomic E-state index is 0.123. The number of rotatable bonds is 7. The molecule has 0 radical (unpaired) electrons. The molecule has 10 heteroatoms. The lowest BCUT2D eigenvalue weighted by Gasteiger charge is -2.38. The van der Waals surface area contributed by atoms with E-state index in [9.17, 15) is 15.2 Å². The summed E-state index contributed by atoms with van der Waals surface area (Å²) in [6, 6.07) is 17.6. The van der Waals surface area contributed by atoms with E-state index < -0.39 is 11.8 Å². The number of carboxylic acid groups (broad SMARTS) is 1. The fourth-order valence-corrected chi connectivity index (χ4v) is 7.52. The first-order valence-corrected chi connectivity index (χ1v) is 16.1. The van der Waals surface area contributed by atoms with E-state index >= 15 is 0 Å². The molecule has 0 spiro atoms. The topological polar surface area (TPSA) is 119 Å². The normalized spacial score (nSPS) is 25.1. The van der Waals surface area contributed by atoms with E-state index in [0.717, 1.165) is 77.5 Å². The Labute approximate surface area is 267 Å². The number of hydrogen-bond acceptors (Lipinski definition) is 8. The van der Waals surface area contributed by atoms with E-state index in [2.05, 4.69) is 28.5 Å². The van der Waals surface area contributed by atoms with Gasteiger partial charge in [-0.05, 0) is 75.0 Å². The predicted molar refractivity (Wildman–Crippen MR) is 168 cm³/mol. The maximum absolute atomic E-state index is 11.7. The third kappa shape index (κ3) is 4.77. The lowest BCUT2D eigenvalue weighted by molar-refractivity contribution is -0.0700. The van der Waals surface area contributed by atoms with Crippen LogP contribution in [0.5, 0.6) is 17.2 Å². The molecule has 0 bridgehead atoms. The molecule has 4 aliphatic rings. The average Bonchev–Trinajstić information content (AvgIpc) is 3.74. The largest absolute Gasteiger partial charge is 0.492 e. The quantitative estimate of drug-likeness (QED) is 0.276. The van der Waals surface area contributed by atoms with Gasteiger partial charge >= 0.3 is 5.97 Å². The van der Waals surface area contributed by atoms with Crippen molar-refractivity contribution in [3.8, 4) is 23.3 Å². The monoisotopic (exact) mass is 620 g/mol. The highest BCUT2D eigenvalue weighted by Crippen LogP contribution is 2.52. The molecule has 2 fully saturated rings. The molecule has 4 aromatic rings. The summed E-state index contributed by atoms with van der Waals surface area (Å²) in [7, 11) is 0. The third-order valence-electron chi connectivity index (χ3n) is 10.1. The molecule has 10 nitrogen and oxygen atoms in total. The minimum atomic E-state index is -1.06. The summed E-state index contributed by atoms with van der Waals surface area (Å²) in [5.41, 5.74) is 5.41. The van der Waals surface area contributed by atoms with Gasteiger partial charge in [-0.2, -0.15) is 5.26 Å². The molecule has 4 atom stereocenters. The Bertz CT molecular complexity index is 1910. The standard InChI is InChI=1S/C36H36N4O6/c1-21-16-22(10-13-39(21)20-32-38-29-9-7-23(35(41)42)17-30(29)40(32)19-25-11-14-43-25)26-4-3-5-31-34(26)46-36(2,45-31)28-8-6-24(18-37)27-12-15-44-33(27)28/h3-9,17,21-22,25H,10-16,19-20H2,1-2H3,(H,41,42)/t21-,22?,25+,36?/m1/s1. The van der Waals surface area contributed by atoms with E-state index in [1.54, 1.807) is 18.2 Å². The smallest absolute Gasteiger partial charge is 0.335 e. The molecule has 4 aliphatic heterocycles. The molecule has 8 rings (SSSR count). The number of fused-ring (bicyclic) bond motifs is 3. The van der Waals surface area contributed by atoms with Crippen molar-refractivity contribution in [2.45, 2.75) is 76.5 Å². The van der Waals surface area contributed by atoms with Crippen molar-refractivity contribution in [3.63, 3.8) is 0 Å². The number of likely N-dealkylation sites (tertiary alicyclic amines) is 1. The molecule has 3 aromatic carbocycles. The van der Waals surface area contributed by atoms with Crippen LogP contribution in [0, 0.1) is 11.3 Å². The van der Waals surface area contributed by atoms with Crippen molar-refractivity contribution in [2.24, 2.45) is 0 Å². The maximum Gasteiger partial charge on any atom is 0.335 e. The molecule has 1 aromatic heterocycles. The number of nitrogens with zero attached hydrogens (tertiary/aromatic N) is 4. The number of hydrogen-bond donors (Lipinski definition) is 1. The number of aromatic carboxylic acids is 1. The van der Waals surface area contributed by atoms with Crippen LogP contribution in [-0.2, 0) is 30.0 Å². The summed E-state index contributed by atoms with van der Waals surface area (Å²) in [4.78, 5) is 19.1. The number of carboxylic acids is 1. The first-order valence-electron chi connectivity index (χ1n) is 16.1. The predicted octanol–water partition coefficient (Wildman–Crippen LogP) is 5.74. The van der Waals surface area contributed by atoms with E-state index in [-0.39, 0.29) is 23.6 Å². The highest BCUT2D eigenvalue weighted by Gasteiger charge is 2.45. The highest BCUT2D eigenvalue weighted by molar-refractivity contribution is 5.92. The molecule has 1 N–H and O–H groups in total. The molecule has 0 amide bonds. The average molecular weight is 621 g/mol. The molecule has 2 unspecified atom stereocenters. The molecule has 5 heterocycles. The van der Waals surface area contributed by atoms with Crippen LogP contribution in [0.1, 0.15) is 77.5 Å². The minimum Gasteiger partial charge on any atom is -0.492 e. The second-order valence-corrected chi connectivity index (χ2v) is 13.0. The van der Waals surface area contributed by atoms with Crippen LogP contribution >= 0.6 is 0 Å². The van der Waals surface area contributed by atoms with Gasteiger partial charge in [0.2, 0.25) is 0 Å². The zero-order valence-corrected chi connectivity index (χ0v) is 26.0. The van der Waals surface area contributed by atoms with Crippen molar-refractivity contribution in [3.05, 3.63) is 82.2 Å². The summed E-state index contributed by atoms with van der Waals surface area (Å²) < 4.78 is 27.1. The number of nitriles is 1. The number of piperidine rings is 1. The first kappa shape index (κ1) is 28.9. The van der Waals surface area contributed by atoms with E-state index in [4.69, 9.17) is 23.9 Å². The van der Waals surface area contributed by atoms with Gasteiger partial charge in [0.05, 0.1) is 59.6 Å². The van der Waals surface area contributed by atoms with Gasteiger partial charge in [-0.1, -0.05) is 12.1 Å². The number of carbonyl (C=O) groups is 1. The Morgan fingerprint density at radius 1 is 1.13 bits per heavy atom. The van der Waals surface area contributed by atoms with E-state index in [0.29, 0.717) is 37.4 Å². The Hall–Kier alpha value is -4.59. The zero-order chi connectivity index (χ0) is 31.6. The van der Waals surface area contributed by atoms with E-state index in [1.807, 2.05) is 31.2 Å². The maximum atomic E-state index is 11.7. The van der Waals surface area contributed by atoms with Crippen LogP contribution in [0.3, 0.4) is 0 Å². The molecular formula is C36H36N4O6. The van der Waals surface area contributed by atoms with Gasteiger partial charge in [0, 0.05) is 37.1 Å². The van der Waals surface area contributed by atoms with Gasteiger partial charge in [0.25, 0.3) is 5.79 Å². The lowest BCUT2D eigenvalue weighted by Crippen LogP contribution is -2.40. The highest BCUT2D eigenvalue weighted by atomic mass is 16.7. The molecule has 46 heavy (non-hydrogen) atoms. The number of imidazole rings is 1. The zero-order valence-electron chi connectivity index (χ0n) is 26.0. The van der Waals surface area contributed by atoms with Crippen molar-refractivity contribution >= 4 is 17.0 Å². The van der Waals surface area contributed by atoms with Crippen LogP contribution < -0.4 is 14.2 Å². The summed E-state index contributed by atoms with van der Waals surface area (Å²) in [5.74, 6) is 1.42. The lowest BCUT2D eigenvalue weighted by atomic mass is 9.85. The van der Waals surface area contributed by atoms with Crippen LogP contribution in [0.15, 0.2) is 48.5 Å². The second-order valence-electron chi connectivity index (χ2n) is 13.0. The number of para-hydroxylation sites is 1. The van der Waals surface area contributed by atoms with Gasteiger partial charge in [-0.3, -0.25) is 4.90 Å². The van der Waals surface area contributed by atoms with Gasteiger partial charge < -0.3 is 28.6 Å². The van der Waals surface area contributed by atoms with Crippen LogP contribution in [0.2, 0.25) is 0 Å². The summed E-state index contributed by atoms with van der Waals surface area (Å²) in [6.07, 6.45) is 3.71. The summed E-state index contributed by atoms with van der Waals surface area (Å²) >= 11 is 0. The Balaban J connectivity index is 1.02. The Kier molecular flexibility index (Phi) is 6.92. The fraction of sp³-hybridized carbons (Fsp3) is 0.417. The van der Waals surface area contributed by atoms with Crippen LogP contribution in [0.25, 0.3) is 11.0 Å². The van der Waals surface area contributed by atoms with E-state index in [1.165, 1.54) is 0 Å². The fourth-order valence-electron chi connectivity index (χ4n) is 7.52. The Morgan fingerprint density at radius 2 is 2.00 bits per heavy atom. The SMILES string of the molecule is C[C@@H]1CC(c2cccc3c2OC(C)(c2ccc(C#N)c4c2OCC4)O3)CCN1Cc1nc2ccc(C(=O)O)cc2n1C[C@@H]1CCO1. The molecule has 236 valence electrons. The third-order valence-corrected chi connectivity index (χ3v) is 10.1. The van der Waals surface area contributed by atoms with Crippen molar-refractivity contribution in [1.29, 1.82) is 5.26 Å². The molecular weight excluding hydrogens is 584 g/mol. The van der Waals surface area contributed by atoms with Gasteiger partial charge in [-0.25, -0.2) is 9.78 Å². The van der Waals surface area contributed by atoms with Crippen molar-refractivity contribution in [2.75, 3.05) is 19.8 Å². The molecule has 2 saturated heterocycles. The number of aromatic nitrogens is 2. The number of ether oxygens (including phenoxy) is 4. The van der Waals surface area contributed by atoms with Gasteiger partial charge in [0.15, 0.2) is 11.5 Å².